The molecular formula is C15H23. The van der Waals surface area contributed by atoms with E-state index in [9.17, 15) is 0 Å². The minimum Gasteiger partial charge on any atom is -0.0654 e. The SMILES string of the molecule is [CH2]C(C)(C)C(CCC)Cc1ccccc1. The quantitative estimate of drug-likeness (QED) is 0.660. The summed E-state index contributed by atoms with van der Waals surface area (Å²) in [5.74, 6) is 0.685. The first kappa shape index (κ1) is 12.3. The summed E-state index contributed by atoms with van der Waals surface area (Å²) in [6.45, 7) is 11.0. The molecule has 0 saturated heterocycles. The molecule has 0 aliphatic rings. The highest BCUT2D eigenvalue weighted by molar-refractivity contribution is 5.15. The molecule has 0 heteroatoms. The first-order valence-corrected chi connectivity index (χ1v) is 5.93. The smallest absolute Gasteiger partial charge is 0.0245 e. The standard InChI is InChI=1S/C15H23/c1-5-9-14(15(2,3)4)12-13-10-7-6-8-11-13/h6-8,10-11,14H,2,5,9,12H2,1,3-4H3. The molecule has 0 aromatic heterocycles. The van der Waals surface area contributed by atoms with Crippen molar-refractivity contribution in [3.63, 3.8) is 0 Å². The molecule has 0 heterocycles. The molecule has 15 heavy (non-hydrogen) atoms. The minimum atomic E-state index is 0.172. The molecule has 0 fully saturated rings. The molecule has 0 aliphatic carbocycles. The maximum absolute atomic E-state index is 4.29. The van der Waals surface area contributed by atoms with Crippen LogP contribution in [0.15, 0.2) is 30.3 Å². The molecule has 1 aromatic rings. The lowest BCUT2D eigenvalue weighted by Crippen LogP contribution is -2.22. The molecule has 1 unspecified atom stereocenters. The Kier molecular flexibility index (Phi) is 4.38. The Bertz CT molecular complexity index is 266. The van der Waals surface area contributed by atoms with Gasteiger partial charge in [0.05, 0.1) is 0 Å². The van der Waals surface area contributed by atoms with Gasteiger partial charge in [0.15, 0.2) is 0 Å². The average Bonchev–Trinajstić information content (AvgIpc) is 2.17. The van der Waals surface area contributed by atoms with Crippen molar-refractivity contribution in [2.45, 2.75) is 40.0 Å². The van der Waals surface area contributed by atoms with Crippen molar-refractivity contribution in [2.75, 3.05) is 0 Å². The van der Waals surface area contributed by atoms with Gasteiger partial charge < -0.3 is 0 Å². The molecule has 0 N–H and O–H groups in total. The van der Waals surface area contributed by atoms with Gasteiger partial charge in [-0.3, -0.25) is 0 Å². The van der Waals surface area contributed by atoms with Crippen LogP contribution in [0.2, 0.25) is 0 Å². The third kappa shape index (κ3) is 4.07. The minimum absolute atomic E-state index is 0.172. The zero-order chi connectivity index (χ0) is 11.3. The van der Waals surface area contributed by atoms with Crippen LogP contribution in [-0.4, -0.2) is 0 Å². The zero-order valence-corrected chi connectivity index (χ0v) is 10.3. The predicted octanol–water partition coefficient (Wildman–Crippen LogP) is 4.51. The van der Waals surface area contributed by atoms with Crippen LogP contribution in [0, 0.1) is 18.3 Å². The second kappa shape index (κ2) is 5.34. The van der Waals surface area contributed by atoms with Crippen LogP contribution in [0.25, 0.3) is 0 Å². The summed E-state index contributed by atoms with van der Waals surface area (Å²) in [7, 11) is 0. The molecule has 83 valence electrons. The number of rotatable bonds is 5. The van der Waals surface area contributed by atoms with Gasteiger partial charge in [-0.2, -0.15) is 0 Å². The van der Waals surface area contributed by atoms with Crippen molar-refractivity contribution in [3.8, 4) is 0 Å². The van der Waals surface area contributed by atoms with E-state index in [0.717, 1.165) is 6.42 Å². The van der Waals surface area contributed by atoms with Gasteiger partial charge in [0.2, 0.25) is 0 Å². The van der Waals surface area contributed by atoms with Gasteiger partial charge in [-0.1, -0.05) is 57.5 Å². The van der Waals surface area contributed by atoms with E-state index in [2.05, 4.69) is 58.0 Å². The fourth-order valence-corrected chi connectivity index (χ4v) is 2.02. The van der Waals surface area contributed by atoms with Crippen LogP contribution in [-0.2, 0) is 6.42 Å². The van der Waals surface area contributed by atoms with Crippen LogP contribution >= 0.6 is 0 Å². The average molecular weight is 203 g/mol. The first-order chi connectivity index (χ1) is 7.04. The third-order valence-corrected chi connectivity index (χ3v) is 3.07. The van der Waals surface area contributed by atoms with Crippen LogP contribution in [0.1, 0.15) is 39.2 Å². The normalized spacial score (nSPS) is 13.9. The van der Waals surface area contributed by atoms with Gasteiger partial charge in [0.1, 0.15) is 0 Å². The van der Waals surface area contributed by atoms with Crippen LogP contribution in [0.3, 0.4) is 0 Å². The van der Waals surface area contributed by atoms with Crippen molar-refractivity contribution >= 4 is 0 Å². The summed E-state index contributed by atoms with van der Waals surface area (Å²) < 4.78 is 0. The largest absolute Gasteiger partial charge is 0.0654 e. The van der Waals surface area contributed by atoms with E-state index in [4.69, 9.17) is 0 Å². The summed E-state index contributed by atoms with van der Waals surface area (Å²) in [5, 5.41) is 0. The van der Waals surface area contributed by atoms with E-state index in [1.165, 1.54) is 18.4 Å². The Morgan fingerprint density at radius 1 is 1.20 bits per heavy atom. The van der Waals surface area contributed by atoms with Crippen LogP contribution < -0.4 is 0 Å². The summed E-state index contributed by atoms with van der Waals surface area (Å²) in [5.41, 5.74) is 1.61. The summed E-state index contributed by atoms with van der Waals surface area (Å²) in [6.07, 6.45) is 3.67. The Morgan fingerprint density at radius 3 is 2.27 bits per heavy atom. The maximum Gasteiger partial charge on any atom is -0.0245 e. The molecule has 0 bridgehead atoms. The summed E-state index contributed by atoms with van der Waals surface area (Å²) >= 11 is 0. The van der Waals surface area contributed by atoms with E-state index in [1.54, 1.807) is 0 Å². The molecule has 1 atom stereocenters. The molecule has 0 saturated carbocycles. The van der Waals surface area contributed by atoms with E-state index in [0.29, 0.717) is 5.92 Å². The highest BCUT2D eigenvalue weighted by atomic mass is 14.3. The van der Waals surface area contributed by atoms with Crippen molar-refractivity contribution in [1.82, 2.24) is 0 Å². The van der Waals surface area contributed by atoms with E-state index in [1.807, 2.05) is 0 Å². The molecule has 0 aliphatic heterocycles. The van der Waals surface area contributed by atoms with Crippen molar-refractivity contribution < 1.29 is 0 Å². The summed E-state index contributed by atoms with van der Waals surface area (Å²) in [4.78, 5) is 0. The van der Waals surface area contributed by atoms with Gasteiger partial charge in [0.25, 0.3) is 0 Å². The van der Waals surface area contributed by atoms with Crippen LogP contribution in [0.5, 0.6) is 0 Å². The maximum atomic E-state index is 4.29. The van der Waals surface area contributed by atoms with E-state index >= 15 is 0 Å². The zero-order valence-electron chi connectivity index (χ0n) is 10.3. The van der Waals surface area contributed by atoms with Crippen molar-refractivity contribution in [2.24, 2.45) is 11.3 Å². The molecule has 0 spiro atoms. The molecule has 1 rings (SSSR count). The fraction of sp³-hybridized carbons (Fsp3) is 0.533. The lowest BCUT2D eigenvalue weighted by molar-refractivity contribution is 0.258. The van der Waals surface area contributed by atoms with Gasteiger partial charge in [-0.25, -0.2) is 0 Å². The molecule has 1 aromatic carbocycles. The molecule has 0 nitrogen and oxygen atoms in total. The predicted molar refractivity (Wildman–Crippen MR) is 67.7 cm³/mol. The topological polar surface area (TPSA) is 0 Å². The lowest BCUT2D eigenvalue weighted by atomic mass is 9.75. The Labute approximate surface area is 94.7 Å². The van der Waals surface area contributed by atoms with E-state index in [-0.39, 0.29) is 5.41 Å². The first-order valence-electron chi connectivity index (χ1n) is 5.93. The molecule has 1 radical (unpaired) electrons. The Morgan fingerprint density at radius 2 is 1.80 bits per heavy atom. The number of hydrogen-bond donors (Lipinski definition) is 0. The van der Waals surface area contributed by atoms with Gasteiger partial charge >= 0.3 is 0 Å². The number of hydrogen-bond acceptors (Lipinski definition) is 0. The monoisotopic (exact) mass is 203 g/mol. The van der Waals surface area contributed by atoms with Gasteiger partial charge in [-0.15, -0.1) is 0 Å². The fourth-order valence-electron chi connectivity index (χ4n) is 2.02. The van der Waals surface area contributed by atoms with Gasteiger partial charge in [-0.05, 0) is 36.7 Å². The van der Waals surface area contributed by atoms with Crippen molar-refractivity contribution in [1.29, 1.82) is 0 Å². The Balaban J connectivity index is 2.67. The highest BCUT2D eigenvalue weighted by Crippen LogP contribution is 2.32. The van der Waals surface area contributed by atoms with Crippen molar-refractivity contribution in [3.05, 3.63) is 42.8 Å². The highest BCUT2D eigenvalue weighted by Gasteiger charge is 2.23. The van der Waals surface area contributed by atoms with E-state index < -0.39 is 0 Å². The lowest BCUT2D eigenvalue weighted by Gasteiger charge is -2.30. The summed E-state index contributed by atoms with van der Waals surface area (Å²) in [6, 6.07) is 10.7. The Hall–Kier alpha value is -0.780. The van der Waals surface area contributed by atoms with Crippen LogP contribution in [0.4, 0.5) is 0 Å². The third-order valence-electron chi connectivity index (χ3n) is 3.07. The van der Waals surface area contributed by atoms with Gasteiger partial charge in [0, 0.05) is 0 Å². The number of benzene rings is 1. The molecule has 0 amide bonds. The second-order valence-corrected chi connectivity index (χ2v) is 5.16. The molecular weight excluding hydrogens is 180 g/mol. The second-order valence-electron chi connectivity index (χ2n) is 5.16.